The number of carbonyl (C=O) groups is 2. The van der Waals surface area contributed by atoms with Crippen molar-refractivity contribution in [3.8, 4) is 16.9 Å². The van der Waals surface area contributed by atoms with E-state index in [1.165, 1.54) is 0 Å². The molecule has 0 saturated carbocycles. The second kappa shape index (κ2) is 9.06. The average molecular weight is 463 g/mol. The van der Waals surface area contributed by atoms with E-state index in [9.17, 15) is 14.7 Å². The molecule has 0 atom stereocenters. The van der Waals surface area contributed by atoms with E-state index in [0.717, 1.165) is 22.6 Å². The number of ether oxygens (including phenoxy) is 1. The van der Waals surface area contributed by atoms with Gasteiger partial charge in [0, 0.05) is 44.0 Å². The number of morpholine rings is 1. The number of fused-ring (bicyclic) bond motifs is 1. The van der Waals surface area contributed by atoms with Gasteiger partial charge < -0.3 is 25.0 Å². The molecule has 3 N–H and O–H groups in total. The zero-order valence-electron chi connectivity index (χ0n) is 18.8. The van der Waals surface area contributed by atoms with Crippen molar-refractivity contribution in [2.75, 3.05) is 50.1 Å². The van der Waals surface area contributed by atoms with Gasteiger partial charge in [0.1, 0.15) is 11.6 Å². The van der Waals surface area contributed by atoms with Crippen LogP contribution >= 0.6 is 0 Å². The lowest BCUT2D eigenvalue weighted by Crippen LogP contribution is -2.40. The number of rotatable bonds is 4. The van der Waals surface area contributed by atoms with Gasteiger partial charge >= 0.3 is 6.03 Å². The van der Waals surface area contributed by atoms with Crippen molar-refractivity contribution >= 4 is 29.3 Å². The first kappa shape index (κ1) is 21.8. The quantitative estimate of drug-likeness (QED) is 0.550. The molecular formula is C24H26N6O4. The molecule has 0 bridgehead atoms. The Morgan fingerprint density at radius 3 is 2.59 bits per heavy atom. The van der Waals surface area contributed by atoms with Crippen molar-refractivity contribution in [2.24, 2.45) is 0 Å². The number of aromatic nitrogens is 2. The van der Waals surface area contributed by atoms with Crippen molar-refractivity contribution < 1.29 is 19.4 Å². The topological polar surface area (TPSA) is 112 Å². The number of urea groups is 1. The summed E-state index contributed by atoms with van der Waals surface area (Å²) in [6.45, 7) is 3.48. The number of nitrogens with zero attached hydrogens (tertiary/aromatic N) is 4. The van der Waals surface area contributed by atoms with Crippen LogP contribution in [-0.2, 0) is 11.3 Å². The number of phenolic OH excluding ortho intramolecular Hbond substituents is 1. The molecule has 5 rings (SSSR count). The van der Waals surface area contributed by atoms with Crippen LogP contribution in [0.1, 0.15) is 10.4 Å². The highest BCUT2D eigenvalue weighted by Crippen LogP contribution is 2.36. The molecule has 176 valence electrons. The molecular weight excluding hydrogens is 436 g/mol. The number of hydrogen-bond donors (Lipinski definition) is 3. The highest BCUT2D eigenvalue weighted by Gasteiger charge is 2.26. The van der Waals surface area contributed by atoms with Crippen LogP contribution in [0.2, 0.25) is 0 Å². The third-order valence-corrected chi connectivity index (χ3v) is 5.99. The Labute approximate surface area is 196 Å². The highest BCUT2D eigenvalue weighted by molar-refractivity contribution is 5.97. The van der Waals surface area contributed by atoms with Crippen LogP contribution in [0.15, 0.2) is 48.5 Å². The fourth-order valence-electron chi connectivity index (χ4n) is 4.29. The largest absolute Gasteiger partial charge is 0.508 e. The van der Waals surface area contributed by atoms with Gasteiger partial charge in [-0.25, -0.2) is 9.48 Å². The Morgan fingerprint density at radius 2 is 1.82 bits per heavy atom. The number of anilines is 3. The Kier molecular flexibility index (Phi) is 5.81. The van der Waals surface area contributed by atoms with Gasteiger partial charge in [0.05, 0.1) is 19.8 Å². The molecule has 10 heteroatoms. The lowest BCUT2D eigenvalue weighted by Gasteiger charge is -2.27. The Hall–Kier alpha value is -4.05. The monoisotopic (exact) mass is 462 g/mol. The zero-order chi connectivity index (χ0) is 23.7. The maximum absolute atomic E-state index is 13.4. The summed E-state index contributed by atoms with van der Waals surface area (Å²) >= 11 is 0. The molecule has 0 spiro atoms. The summed E-state index contributed by atoms with van der Waals surface area (Å²) < 4.78 is 7.23. The van der Waals surface area contributed by atoms with Gasteiger partial charge in [-0.15, -0.1) is 0 Å². The molecule has 2 aliphatic heterocycles. The smallest absolute Gasteiger partial charge is 0.320 e. The van der Waals surface area contributed by atoms with Crippen molar-refractivity contribution in [3.63, 3.8) is 0 Å². The van der Waals surface area contributed by atoms with Crippen molar-refractivity contribution in [1.29, 1.82) is 0 Å². The Balaban J connectivity index is 1.54. The van der Waals surface area contributed by atoms with Crippen LogP contribution in [0.4, 0.5) is 22.1 Å². The highest BCUT2D eigenvalue weighted by atomic mass is 16.5. The third kappa shape index (κ3) is 4.27. The van der Waals surface area contributed by atoms with Gasteiger partial charge in [-0.05, 0) is 41.5 Å². The number of phenols is 1. The van der Waals surface area contributed by atoms with E-state index in [4.69, 9.17) is 4.74 Å². The lowest BCUT2D eigenvalue weighted by atomic mass is 10.0. The van der Waals surface area contributed by atoms with Crippen molar-refractivity contribution in [3.05, 3.63) is 54.1 Å². The van der Waals surface area contributed by atoms with Crippen molar-refractivity contribution in [1.82, 2.24) is 20.0 Å². The third-order valence-electron chi connectivity index (χ3n) is 5.99. The van der Waals surface area contributed by atoms with Gasteiger partial charge in [-0.2, -0.15) is 5.10 Å². The van der Waals surface area contributed by atoms with Gasteiger partial charge in [-0.1, -0.05) is 12.1 Å². The van der Waals surface area contributed by atoms with Gasteiger partial charge in [0.15, 0.2) is 5.82 Å². The summed E-state index contributed by atoms with van der Waals surface area (Å²) in [5, 5.41) is 19.7. The molecule has 3 aromatic rings. The summed E-state index contributed by atoms with van der Waals surface area (Å²) in [6.07, 6.45) is 0. The number of amides is 3. The van der Waals surface area contributed by atoms with Gasteiger partial charge in [0.2, 0.25) is 0 Å². The van der Waals surface area contributed by atoms with E-state index in [2.05, 4.69) is 20.6 Å². The van der Waals surface area contributed by atoms with E-state index in [1.54, 1.807) is 30.1 Å². The SMILES string of the molecule is CNC(=O)Nc1cc2n(n1)CCN2c1cc(C(=O)N2CCOCC2)cc(-c2cccc(O)c2)c1. The molecule has 3 heterocycles. The maximum atomic E-state index is 13.4. The van der Waals surface area contributed by atoms with Crippen LogP contribution in [0.5, 0.6) is 5.75 Å². The van der Waals surface area contributed by atoms with Gasteiger partial charge in [0.25, 0.3) is 5.91 Å². The average Bonchev–Trinajstić information content (AvgIpc) is 3.44. The minimum atomic E-state index is -0.340. The molecule has 10 nitrogen and oxygen atoms in total. The summed E-state index contributed by atoms with van der Waals surface area (Å²) in [5.41, 5.74) is 3.04. The first-order valence-electron chi connectivity index (χ1n) is 11.2. The molecule has 0 unspecified atom stereocenters. The minimum Gasteiger partial charge on any atom is -0.508 e. The first-order chi connectivity index (χ1) is 16.5. The van der Waals surface area contributed by atoms with Crippen LogP contribution in [0.25, 0.3) is 11.1 Å². The van der Waals surface area contributed by atoms with Crippen LogP contribution in [0, 0.1) is 0 Å². The Bertz CT molecular complexity index is 1230. The molecule has 2 aromatic carbocycles. The minimum absolute atomic E-state index is 0.0544. The number of carbonyl (C=O) groups excluding carboxylic acids is 2. The maximum Gasteiger partial charge on any atom is 0.320 e. The van der Waals surface area contributed by atoms with Gasteiger partial charge in [-0.3, -0.25) is 10.1 Å². The molecule has 0 radical (unpaired) electrons. The molecule has 3 amide bonds. The predicted molar refractivity (Wildman–Crippen MR) is 128 cm³/mol. The van der Waals surface area contributed by atoms with Crippen LogP contribution in [0.3, 0.4) is 0 Å². The molecule has 1 fully saturated rings. The molecule has 0 aliphatic carbocycles. The summed E-state index contributed by atoms with van der Waals surface area (Å²) in [6, 6.07) is 14.2. The molecule has 2 aliphatic rings. The summed E-state index contributed by atoms with van der Waals surface area (Å²) in [5.74, 6) is 1.38. The standard InChI is InChI=1S/C24H26N6O4/c1-25-24(33)26-21-15-22-29(5-6-30(22)27-21)19-12-17(16-3-2-4-20(31)14-16)11-18(13-19)23(32)28-7-9-34-10-8-28/h2-4,11-15,31H,5-10H2,1H3,(H2,25,26,27,33). The number of aromatic hydroxyl groups is 1. The van der Waals surface area contributed by atoms with E-state index in [1.807, 2.05) is 35.0 Å². The predicted octanol–water partition coefficient (Wildman–Crippen LogP) is 2.63. The Morgan fingerprint density at radius 1 is 1.00 bits per heavy atom. The number of benzene rings is 2. The zero-order valence-corrected chi connectivity index (χ0v) is 18.8. The first-order valence-corrected chi connectivity index (χ1v) is 11.2. The molecule has 1 saturated heterocycles. The van der Waals surface area contributed by atoms with Crippen LogP contribution in [-0.4, -0.2) is 71.6 Å². The fourth-order valence-corrected chi connectivity index (χ4v) is 4.29. The van der Waals surface area contributed by atoms with E-state index in [0.29, 0.717) is 50.8 Å². The number of hydrogen-bond acceptors (Lipinski definition) is 6. The van der Waals surface area contributed by atoms with E-state index < -0.39 is 0 Å². The van der Waals surface area contributed by atoms with Crippen LogP contribution < -0.4 is 15.5 Å². The summed E-state index contributed by atoms with van der Waals surface area (Å²) in [7, 11) is 1.55. The lowest BCUT2D eigenvalue weighted by molar-refractivity contribution is 0.0303. The number of nitrogens with one attached hydrogen (secondary N) is 2. The van der Waals surface area contributed by atoms with E-state index in [-0.39, 0.29) is 17.7 Å². The second-order valence-electron chi connectivity index (χ2n) is 8.19. The second-order valence-corrected chi connectivity index (χ2v) is 8.19. The summed E-state index contributed by atoms with van der Waals surface area (Å²) in [4.78, 5) is 28.9. The van der Waals surface area contributed by atoms with E-state index >= 15 is 0 Å². The normalized spacial score (nSPS) is 15.2. The molecule has 34 heavy (non-hydrogen) atoms. The molecule has 1 aromatic heterocycles. The van der Waals surface area contributed by atoms with Crippen molar-refractivity contribution in [2.45, 2.75) is 6.54 Å². The fraction of sp³-hybridized carbons (Fsp3) is 0.292.